The van der Waals surface area contributed by atoms with Gasteiger partial charge in [-0.2, -0.15) is 5.10 Å². The predicted molar refractivity (Wildman–Crippen MR) is 85.2 cm³/mol. The second-order valence-corrected chi connectivity index (χ2v) is 7.06. The first kappa shape index (κ1) is 13.8. The molecule has 5 nitrogen and oxygen atoms in total. The maximum absolute atomic E-state index is 5.35. The second kappa shape index (κ2) is 4.96. The maximum atomic E-state index is 5.35. The van der Waals surface area contributed by atoms with E-state index >= 15 is 0 Å². The van der Waals surface area contributed by atoms with E-state index < -0.39 is 0 Å². The first-order chi connectivity index (χ1) is 9.49. The Morgan fingerprint density at radius 2 is 2.10 bits per heavy atom. The lowest BCUT2D eigenvalue weighted by Gasteiger charge is -2.09. The van der Waals surface area contributed by atoms with Gasteiger partial charge in [0.2, 0.25) is 0 Å². The summed E-state index contributed by atoms with van der Waals surface area (Å²) in [5, 5.41) is 8.41. The van der Waals surface area contributed by atoms with Crippen LogP contribution in [-0.2, 0) is 0 Å². The highest BCUT2D eigenvalue weighted by Crippen LogP contribution is 2.47. The summed E-state index contributed by atoms with van der Waals surface area (Å²) >= 11 is 7.05. The summed E-state index contributed by atoms with van der Waals surface area (Å²) in [5.74, 6) is 1.53. The van der Waals surface area contributed by atoms with Crippen LogP contribution in [0.25, 0.3) is 10.7 Å². The Bertz CT molecular complexity index is 675. The summed E-state index contributed by atoms with van der Waals surface area (Å²) < 4.78 is 2.75. The topological polar surface area (TPSA) is 49.7 Å². The zero-order chi connectivity index (χ0) is 14.4. The van der Waals surface area contributed by atoms with Crippen molar-refractivity contribution in [2.24, 2.45) is 0 Å². The number of aromatic nitrogens is 4. The fraction of sp³-hybridized carbons (Fsp3) is 0.615. The molecule has 2 aromatic rings. The summed E-state index contributed by atoms with van der Waals surface area (Å²) in [4.78, 5) is 8.02. The van der Waals surface area contributed by atoms with E-state index in [1.165, 1.54) is 18.5 Å². The number of hydrogen-bond acceptors (Lipinski definition) is 5. The Morgan fingerprint density at radius 1 is 1.40 bits per heavy atom. The van der Waals surface area contributed by atoms with Gasteiger partial charge in [-0.15, -0.1) is 0 Å². The van der Waals surface area contributed by atoms with Crippen molar-refractivity contribution < 1.29 is 0 Å². The molecule has 1 fully saturated rings. The van der Waals surface area contributed by atoms with Gasteiger partial charge in [0.15, 0.2) is 15.7 Å². The third kappa shape index (κ3) is 2.29. The van der Waals surface area contributed by atoms with Gasteiger partial charge in [0.1, 0.15) is 0 Å². The zero-order valence-electron chi connectivity index (χ0n) is 12.2. The SMILES string of the molecule is CC(C)n1c(-c2sc(N(C)C)nc2C2CC2)n[nH]c1=S. The van der Waals surface area contributed by atoms with Crippen molar-refractivity contribution in [2.75, 3.05) is 19.0 Å². The van der Waals surface area contributed by atoms with Crippen LogP contribution in [0.15, 0.2) is 0 Å². The number of nitrogens with one attached hydrogen (secondary N) is 1. The monoisotopic (exact) mass is 309 g/mol. The number of nitrogens with zero attached hydrogens (tertiary/aromatic N) is 4. The van der Waals surface area contributed by atoms with Gasteiger partial charge in [0.25, 0.3) is 0 Å². The molecule has 0 amide bonds. The second-order valence-electron chi connectivity index (χ2n) is 5.70. The Balaban J connectivity index is 2.16. The van der Waals surface area contributed by atoms with Gasteiger partial charge < -0.3 is 4.90 Å². The van der Waals surface area contributed by atoms with E-state index in [4.69, 9.17) is 17.2 Å². The zero-order valence-corrected chi connectivity index (χ0v) is 13.8. The molecule has 20 heavy (non-hydrogen) atoms. The average molecular weight is 309 g/mol. The Morgan fingerprint density at radius 3 is 2.65 bits per heavy atom. The molecule has 0 saturated heterocycles. The van der Waals surface area contributed by atoms with Crippen LogP contribution in [0.4, 0.5) is 5.13 Å². The fourth-order valence-corrected chi connectivity index (χ4v) is 3.65. The highest BCUT2D eigenvalue weighted by molar-refractivity contribution is 7.71. The molecule has 1 aliphatic rings. The highest BCUT2D eigenvalue weighted by atomic mass is 32.1. The predicted octanol–water partition coefficient (Wildman–Crippen LogP) is 3.59. The molecule has 2 heterocycles. The summed E-state index contributed by atoms with van der Waals surface area (Å²) in [7, 11) is 4.05. The van der Waals surface area contributed by atoms with Gasteiger partial charge in [-0.1, -0.05) is 11.3 Å². The molecule has 3 rings (SSSR count). The minimum atomic E-state index is 0.285. The molecule has 1 aliphatic carbocycles. The smallest absolute Gasteiger partial charge is 0.195 e. The molecule has 0 bridgehead atoms. The van der Waals surface area contributed by atoms with Gasteiger partial charge in [-0.25, -0.2) is 4.98 Å². The first-order valence-electron chi connectivity index (χ1n) is 6.84. The van der Waals surface area contributed by atoms with Crippen molar-refractivity contribution in [1.29, 1.82) is 0 Å². The normalized spacial score (nSPS) is 15.1. The van der Waals surface area contributed by atoms with Crippen molar-refractivity contribution in [2.45, 2.75) is 38.6 Å². The fourth-order valence-electron chi connectivity index (χ4n) is 2.25. The number of thiazole rings is 1. The van der Waals surface area contributed by atoms with Crippen molar-refractivity contribution in [3.8, 4) is 10.7 Å². The molecule has 0 spiro atoms. The molecule has 0 unspecified atom stereocenters. The van der Waals surface area contributed by atoms with Crippen LogP contribution < -0.4 is 4.90 Å². The van der Waals surface area contributed by atoms with Crippen LogP contribution in [0.1, 0.15) is 44.3 Å². The van der Waals surface area contributed by atoms with Gasteiger partial charge in [0, 0.05) is 26.1 Å². The maximum Gasteiger partial charge on any atom is 0.195 e. The van der Waals surface area contributed by atoms with Gasteiger partial charge in [0.05, 0.1) is 10.6 Å². The number of rotatable bonds is 4. The molecule has 108 valence electrons. The molecule has 0 radical (unpaired) electrons. The largest absolute Gasteiger partial charge is 0.354 e. The Labute approximate surface area is 127 Å². The molecule has 1 N–H and O–H groups in total. The summed E-state index contributed by atoms with van der Waals surface area (Å²) in [6.07, 6.45) is 2.47. The lowest BCUT2D eigenvalue weighted by molar-refractivity contribution is 0.597. The van der Waals surface area contributed by atoms with E-state index in [-0.39, 0.29) is 6.04 Å². The van der Waals surface area contributed by atoms with Crippen LogP contribution in [0.5, 0.6) is 0 Å². The Hall–Kier alpha value is -1.21. The molecule has 0 aliphatic heterocycles. The molecule has 2 aromatic heterocycles. The van der Waals surface area contributed by atoms with E-state index in [2.05, 4.69) is 33.5 Å². The number of H-pyrrole nitrogens is 1. The lowest BCUT2D eigenvalue weighted by atomic mass is 10.2. The minimum Gasteiger partial charge on any atom is -0.354 e. The Kier molecular flexibility index (Phi) is 3.41. The molecular formula is C13H19N5S2. The van der Waals surface area contributed by atoms with E-state index in [0.29, 0.717) is 10.7 Å². The average Bonchev–Trinajstić information content (AvgIpc) is 2.99. The van der Waals surface area contributed by atoms with Crippen LogP contribution in [0.2, 0.25) is 0 Å². The summed E-state index contributed by atoms with van der Waals surface area (Å²) in [6, 6.07) is 0.285. The highest BCUT2D eigenvalue weighted by Gasteiger charge is 2.32. The molecule has 7 heteroatoms. The van der Waals surface area contributed by atoms with Gasteiger partial charge >= 0.3 is 0 Å². The third-order valence-electron chi connectivity index (χ3n) is 3.41. The molecular weight excluding hydrogens is 290 g/mol. The van der Waals surface area contributed by atoms with Crippen LogP contribution in [0.3, 0.4) is 0 Å². The van der Waals surface area contributed by atoms with Crippen molar-refractivity contribution in [3.63, 3.8) is 0 Å². The van der Waals surface area contributed by atoms with Gasteiger partial charge in [-0.05, 0) is 38.9 Å². The van der Waals surface area contributed by atoms with Gasteiger partial charge in [-0.3, -0.25) is 9.67 Å². The van der Waals surface area contributed by atoms with E-state index in [1.807, 2.05) is 14.1 Å². The first-order valence-corrected chi connectivity index (χ1v) is 8.06. The lowest BCUT2D eigenvalue weighted by Crippen LogP contribution is -2.07. The standard InChI is InChI=1S/C13H19N5S2/c1-7(2)18-11(15-16-12(18)19)10-9(8-5-6-8)14-13(20-10)17(3)4/h7-8H,5-6H2,1-4H3,(H,16,19). The van der Waals surface area contributed by atoms with Crippen molar-refractivity contribution in [3.05, 3.63) is 10.5 Å². The van der Waals surface area contributed by atoms with E-state index in [9.17, 15) is 0 Å². The van der Waals surface area contributed by atoms with Crippen LogP contribution >= 0.6 is 23.6 Å². The molecule has 1 saturated carbocycles. The molecule has 0 aromatic carbocycles. The van der Waals surface area contributed by atoms with E-state index in [0.717, 1.165) is 15.8 Å². The number of hydrogen-bond donors (Lipinski definition) is 1. The minimum absolute atomic E-state index is 0.285. The van der Waals surface area contributed by atoms with Crippen LogP contribution in [-0.4, -0.2) is 33.8 Å². The van der Waals surface area contributed by atoms with Crippen molar-refractivity contribution >= 4 is 28.7 Å². The third-order valence-corrected chi connectivity index (χ3v) is 4.94. The van der Waals surface area contributed by atoms with Crippen molar-refractivity contribution in [1.82, 2.24) is 19.7 Å². The van der Waals surface area contributed by atoms with Crippen LogP contribution in [0, 0.1) is 4.77 Å². The summed E-state index contributed by atoms with van der Waals surface area (Å²) in [6.45, 7) is 4.25. The summed E-state index contributed by atoms with van der Waals surface area (Å²) in [5.41, 5.74) is 1.19. The molecule has 0 atom stereocenters. The number of aromatic amines is 1. The number of anilines is 1. The van der Waals surface area contributed by atoms with E-state index in [1.54, 1.807) is 11.3 Å². The quantitative estimate of drug-likeness (QED) is 0.877.